The van der Waals surface area contributed by atoms with Crippen molar-refractivity contribution in [1.82, 2.24) is 4.90 Å². The van der Waals surface area contributed by atoms with Gasteiger partial charge in [-0.25, -0.2) is 4.79 Å². The summed E-state index contributed by atoms with van der Waals surface area (Å²) in [5.41, 5.74) is 3.88. The molecule has 3 aromatic rings. The third-order valence-corrected chi connectivity index (χ3v) is 6.38. The number of aryl methyl sites for hydroxylation is 2. The Morgan fingerprint density at radius 3 is 1.97 bits per heavy atom. The normalized spacial score (nSPS) is 16.6. The second kappa shape index (κ2) is 12.0. The van der Waals surface area contributed by atoms with Crippen molar-refractivity contribution in [2.24, 2.45) is 0 Å². The van der Waals surface area contributed by atoms with Crippen LogP contribution in [0.15, 0.2) is 72.8 Å². The van der Waals surface area contributed by atoms with Crippen LogP contribution in [0.4, 0.5) is 4.79 Å². The van der Waals surface area contributed by atoms with E-state index in [0.717, 1.165) is 34.5 Å². The van der Waals surface area contributed by atoms with Gasteiger partial charge in [0.25, 0.3) is 0 Å². The molecule has 1 saturated heterocycles. The van der Waals surface area contributed by atoms with Crippen molar-refractivity contribution in [1.29, 1.82) is 0 Å². The first-order chi connectivity index (χ1) is 17.1. The molecule has 0 spiro atoms. The molecule has 1 aliphatic heterocycles. The van der Waals surface area contributed by atoms with Gasteiger partial charge in [-0.05, 0) is 37.0 Å². The number of amides is 1. The molecule has 2 aromatic carbocycles. The minimum atomic E-state index is -0.851. The van der Waals surface area contributed by atoms with Crippen molar-refractivity contribution in [3.05, 3.63) is 89.7 Å². The summed E-state index contributed by atoms with van der Waals surface area (Å²) in [5, 5.41) is 19.9. The maximum atomic E-state index is 12.7. The van der Waals surface area contributed by atoms with E-state index in [1.807, 2.05) is 62.4 Å². The van der Waals surface area contributed by atoms with E-state index in [-0.39, 0.29) is 18.2 Å². The van der Waals surface area contributed by atoms with Gasteiger partial charge in [-0.1, -0.05) is 67.6 Å². The number of nitrogens with zero attached hydrogens (tertiary/aromatic N) is 2. The summed E-state index contributed by atoms with van der Waals surface area (Å²) in [4.78, 5) is 14.4. The van der Waals surface area contributed by atoms with Crippen LogP contribution in [0.25, 0.3) is 11.1 Å². The highest BCUT2D eigenvalue weighted by molar-refractivity contribution is 5.70. The molecule has 0 radical (unpaired) electrons. The molecule has 6 nitrogen and oxygen atoms in total. The zero-order valence-corrected chi connectivity index (χ0v) is 22.0. The summed E-state index contributed by atoms with van der Waals surface area (Å²) >= 11 is 0. The van der Waals surface area contributed by atoms with E-state index < -0.39 is 5.60 Å². The summed E-state index contributed by atoms with van der Waals surface area (Å²) in [5.74, 6) is 0. The third kappa shape index (κ3) is 7.31. The molecule has 1 amide bonds. The van der Waals surface area contributed by atoms with Gasteiger partial charge >= 0.3 is 6.09 Å². The van der Waals surface area contributed by atoms with E-state index in [1.165, 1.54) is 4.73 Å². The van der Waals surface area contributed by atoms with Gasteiger partial charge in [0.15, 0.2) is 0 Å². The number of carbonyl (C=O) groups is 1. The van der Waals surface area contributed by atoms with Crippen LogP contribution in [0, 0.1) is 13.8 Å². The second-order valence-electron chi connectivity index (χ2n) is 10.0. The molecule has 4 rings (SSSR count). The molecule has 2 N–H and O–H groups in total. The minimum absolute atomic E-state index is 0.0477. The molecule has 0 saturated carbocycles. The molecule has 2 atom stereocenters. The Balaban J connectivity index is 0.000000526. The number of aromatic nitrogens is 1. The van der Waals surface area contributed by atoms with Gasteiger partial charge in [-0.15, -0.1) is 0 Å². The van der Waals surface area contributed by atoms with Gasteiger partial charge in [0, 0.05) is 50.1 Å². The fourth-order valence-electron chi connectivity index (χ4n) is 4.61. The smallest absolute Gasteiger partial charge is 0.410 e. The number of aliphatic hydroxyl groups is 1. The molecule has 36 heavy (non-hydrogen) atoms. The lowest BCUT2D eigenvalue weighted by atomic mass is 9.96. The first-order valence-electron chi connectivity index (χ1n) is 12.6. The van der Waals surface area contributed by atoms with E-state index in [0.29, 0.717) is 19.4 Å². The highest BCUT2D eigenvalue weighted by Gasteiger charge is 2.34. The van der Waals surface area contributed by atoms with Crippen LogP contribution in [-0.2, 0) is 4.74 Å². The Morgan fingerprint density at radius 2 is 1.53 bits per heavy atom. The maximum absolute atomic E-state index is 12.7. The topological polar surface area (TPSA) is 73.9 Å². The largest absolute Gasteiger partial charge is 0.446 e. The van der Waals surface area contributed by atoms with Gasteiger partial charge in [-0.3, -0.25) is 5.21 Å². The van der Waals surface area contributed by atoms with Gasteiger partial charge in [0.2, 0.25) is 11.4 Å². The summed E-state index contributed by atoms with van der Waals surface area (Å²) in [7, 11) is 0. The maximum Gasteiger partial charge on any atom is 0.410 e. The van der Waals surface area contributed by atoms with E-state index in [1.54, 1.807) is 18.7 Å². The monoisotopic (exact) mass is 491 g/mol. The molecule has 6 heteroatoms. The summed E-state index contributed by atoms with van der Waals surface area (Å²) < 4.78 is 6.79. The minimum Gasteiger partial charge on any atom is -0.446 e. The first kappa shape index (κ1) is 27.2. The third-order valence-electron chi connectivity index (χ3n) is 6.38. The summed E-state index contributed by atoms with van der Waals surface area (Å²) in [6, 6.07) is 24.1. The zero-order valence-electron chi connectivity index (χ0n) is 22.0. The summed E-state index contributed by atoms with van der Waals surface area (Å²) in [6.07, 6.45) is 1.40. The predicted octanol–water partition coefficient (Wildman–Crippen LogP) is 6.00. The highest BCUT2D eigenvalue weighted by atomic mass is 16.6. The van der Waals surface area contributed by atoms with Crippen molar-refractivity contribution < 1.29 is 24.6 Å². The van der Waals surface area contributed by atoms with Gasteiger partial charge < -0.3 is 14.7 Å². The Kier molecular flexibility index (Phi) is 9.10. The van der Waals surface area contributed by atoms with Crippen LogP contribution in [0.3, 0.4) is 0 Å². The molecule has 1 aromatic heterocycles. The fraction of sp³-hybridized carbons (Fsp3) is 0.400. The lowest BCUT2D eigenvalue weighted by Crippen LogP contribution is -2.45. The van der Waals surface area contributed by atoms with Crippen molar-refractivity contribution >= 4 is 6.09 Å². The molecule has 1 aliphatic rings. The summed E-state index contributed by atoms with van der Waals surface area (Å²) in [6.45, 7) is 9.89. The average molecular weight is 492 g/mol. The van der Waals surface area contributed by atoms with Gasteiger partial charge in [0.1, 0.15) is 6.10 Å². The average Bonchev–Trinajstić information content (AvgIpc) is 2.85. The number of pyridine rings is 1. The molecule has 2 heterocycles. The van der Waals surface area contributed by atoms with E-state index in [2.05, 4.69) is 31.2 Å². The first-order valence-corrected chi connectivity index (χ1v) is 12.6. The van der Waals surface area contributed by atoms with Crippen LogP contribution in [0.2, 0.25) is 0 Å². The Hall–Kier alpha value is -3.38. The van der Waals surface area contributed by atoms with Crippen molar-refractivity contribution in [2.45, 2.75) is 71.6 Å². The molecule has 1 fully saturated rings. The SMILES string of the molecule is CCC(c1ccc(-c2cc(C)[n+](O)c(C)c2)cc1)N1CCC(CC(C)(C)O)OC1=O.c1ccccc1. The number of rotatable bonds is 6. The van der Waals surface area contributed by atoms with Crippen molar-refractivity contribution in [3.8, 4) is 11.1 Å². The standard InChI is InChI=1S/C24H33N2O4.C6H6/c1-6-22(25-12-11-21(30-23(25)27)15-24(4,5)28)19-9-7-18(8-10-19)20-13-16(2)26(29)17(3)14-20;1-2-4-6-5-3-1/h7-10,13-14,21-22,28-29H,6,11-12,15H2,1-5H3;1-6H/q+1;. The number of ether oxygens (including phenoxy) is 1. The molecule has 0 aliphatic carbocycles. The van der Waals surface area contributed by atoms with Gasteiger partial charge in [0.05, 0.1) is 11.6 Å². The number of benzene rings is 2. The van der Waals surface area contributed by atoms with Crippen LogP contribution in [-0.4, -0.2) is 39.6 Å². The molecule has 0 bridgehead atoms. The van der Waals surface area contributed by atoms with E-state index in [4.69, 9.17) is 4.74 Å². The molecule has 192 valence electrons. The highest BCUT2D eigenvalue weighted by Crippen LogP contribution is 2.31. The molecular formula is C30H39N2O4+. The Morgan fingerprint density at radius 1 is 1.00 bits per heavy atom. The lowest BCUT2D eigenvalue weighted by Gasteiger charge is -2.38. The number of hydrogen-bond acceptors (Lipinski definition) is 4. The van der Waals surface area contributed by atoms with Crippen molar-refractivity contribution in [3.63, 3.8) is 0 Å². The van der Waals surface area contributed by atoms with E-state index in [9.17, 15) is 15.1 Å². The quantitative estimate of drug-likeness (QED) is 0.327. The fourth-order valence-corrected chi connectivity index (χ4v) is 4.61. The Labute approximate surface area is 214 Å². The molecular weight excluding hydrogens is 452 g/mol. The predicted molar refractivity (Wildman–Crippen MR) is 141 cm³/mol. The van der Waals surface area contributed by atoms with Gasteiger partial charge in [-0.2, -0.15) is 0 Å². The number of carbonyl (C=O) groups excluding carboxylic acids is 1. The second-order valence-corrected chi connectivity index (χ2v) is 10.0. The van der Waals surface area contributed by atoms with Crippen LogP contribution < -0.4 is 4.73 Å². The molecule has 2 unspecified atom stereocenters. The van der Waals surface area contributed by atoms with Crippen LogP contribution in [0.1, 0.15) is 63.0 Å². The van der Waals surface area contributed by atoms with Crippen LogP contribution >= 0.6 is 0 Å². The zero-order chi connectivity index (χ0) is 26.3. The Bertz CT molecular complexity index is 1070. The van der Waals surface area contributed by atoms with E-state index >= 15 is 0 Å². The van der Waals surface area contributed by atoms with Crippen LogP contribution in [0.5, 0.6) is 0 Å². The lowest BCUT2D eigenvalue weighted by molar-refractivity contribution is -0.912. The number of cyclic esters (lactones) is 1. The van der Waals surface area contributed by atoms with Crippen molar-refractivity contribution in [2.75, 3.05) is 6.54 Å². The number of hydrogen-bond donors (Lipinski definition) is 2.